The van der Waals surface area contributed by atoms with Gasteiger partial charge in [-0.25, -0.2) is 9.78 Å². The van der Waals surface area contributed by atoms with E-state index < -0.39 is 18.2 Å². The Kier molecular flexibility index (Phi) is 10.2. The summed E-state index contributed by atoms with van der Waals surface area (Å²) in [5, 5.41) is 20.8. The zero-order valence-electron chi connectivity index (χ0n) is 25.1. The number of aliphatic hydroxyl groups is 1. The average Bonchev–Trinajstić information content (AvgIpc) is 3.58. The highest BCUT2D eigenvalue weighted by Crippen LogP contribution is 2.32. The van der Waals surface area contributed by atoms with Gasteiger partial charge in [0.1, 0.15) is 29.8 Å². The monoisotopic (exact) mass is 720 g/mol. The highest BCUT2D eigenvalue weighted by molar-refractivity contribution is 9.10. The van der Waals surface area contributed by atoms with Crippen LogP contribution >= 0.6 is 15.9 Å². The van der Waals surface area contributed by atoms with Crippen LogP contribution in [0.5, 0.6) is 5.75 Å². The van der Waals surface area contributed by atoms with Gasteiger partial charge in [-0.05, 0) is 84.8 Å². The number of fused-ring (bicyclic) bond motifs is 2. The number of rotatable bonds is 8. The predicted octanol–water partition coefficient (Wildman–Crippen LogP) is 4.22. The van der Waals surface area contributed by atoms with Crippen LogP contribution in [0.15, 0.2) is 57.9 Å². The van der Waals surface area contributed by atoms with Gasteiger partial charge in [0.05, 0.1) is 21.2 Å². The van der Waals surface area contributed by atoms with E-state index in [1.807, 2.05) is 41.3 Å². The number of para-hydroxylation sites is 1. The van der Waals surface area contributed by atoms with Gasteiger partial charge in [0, 0.05) is 30.9 Å². The van der Waals surface area contributed by atoms with E-state index in [4.69, 9.17) is 19.6 Å². The number of nitrogens with one attached hydrogen (secondary N) is 3. The summed E-state index contributed by atoms with van der Waals surface area (Å²) in [6, 6.07) is 13.2. The number of amides is 1. The Labute approximate surface area is 274 Å². The number of alkyl halides is 3. The SMILES string of the molecule is CN1CCC(N2Cc3cc4[nH]c(-c5c(NC[C@@H](O)COc6ccccc6Br)cc[nH]c5=O)nc4cc3C2=O)CC1.O=C(O)C(F)(F)F. The second kappa shape index (κ2) is 14.1. The van der Waals surface area contributed by atoms with E-state index >= 15 is 0 Å². The van der Waals surface area contributed by atoms with Crippen molar-refractivity contribution in [3.63, 3.8) is 0 Å². The Morgan fingerprint density at radius 1 is 1.19 bits per heavy atom. The van der Waals surface area contributed by atoms with Crippen molar-refractivity contribution in [2.24, 2.45) is 0 Å². The van der Waals surface area contributed by atoms with E-state index in [2.05, 4.69) is 43.2 Å². The van der Waals surface area contributed by atoms with Crippen molar-refractivity contribution in [2.75, 3.05) is 38.6 Å². The maximum absolute atomic E-state index is 13.3. The number of hydrogen-bond acceptors (Lipinski definition) is 8. The summed E-state index contributed by atoms with van der Waals surface area (Å²) in [4.78, 5) is 50.0. The minimum atomic E-state index is -5.08. The largest absolute Gasteiger partial charge is 0.490 e. The molecule has 6 rings (SSSR count). The lowest BCUT2D eigenvalue weighted by Gasteiger charge is -2.34. The molecule has 4 heterocycles. The van der Waals surface area contributed by atoms with Gasteiger partial charge in [0.2, 0.25) is 0 Å². The molecule has 0 unspecified atom stereocenters. The third-order valence-electron chi connectivity index (χ3n) is 7.90. The third kappa shape index (κ3) is 7.94. The number of H-pyrrole nitrogens is 2. The summed E-state index contributed by atoms with van der Waals surface area (Å²) in [6.45, 7) is 2.81. The number of halogens is 4. The van der Waals surface area contributed by atoms with Crippen LogP contribution in [0, 0.1) is 0 Å². The molecule has 16 heteroatoms. The summed E-state index contributed by atoms with van der Waals surface area (Å²) in [5.41, 5.74) is 3.58. The number of nitrogens with zero attached hydrogens (tertiary/aromatic N) is 3. The molecule has 0 radical (unpaired) electrons. The predicted molar refractivity (Wildman–Crippen MR) is 170 cm³/mol. The van der Waals surface area contributed by atoms with E-state index in [1.54, 1.807) is 12.3 Å². The van der Waals surface area contributed by atoms with Crippen molar-refractivity contribution < 1.29 is 37.7 Å². The van der Waals surface area contributed by atoms with Crippen LogP contribution in [-0.2, 0) is 11.3 Å². The number of aromatic nitrogens is 3. The summed E-state index contributed by atoms with van der Waals surface area (Å²) in [5.74, 6) is -1.68. The minimum absolute atomic E-state index is 0.0506. The molecule has 5 N–H and O–H groups in total. The number of carbonyl (C=O) groups excluding carboxylic acids is 1. The van der Waals surface area contributed by atoms with Gasteiger partial charge in [-0.15, -0.1) is 0 Å². The fourth-order valence-corrected chi connectivity index (χ4v) is 5.86. The number of anilines is 1. The van der Waals surface area contributed by atoms with E-state index in [1.165, 1.54) is 0 Å². The molecule has 1 fully saturated rings. The summed E-state index contributed by atoms with van der Waals surface area (Å²) < 4.78 is 38.2. The van der Waals surface area contributed by atoms with Gasteiger partial charge in [0.25, 0.3) is 11.5 Å². The first kappa shape index (κ1) is 33.9. The minimum Gasteiger partial charge on any atom is -0.490 e. The maximum Gasteiger partial charge on any atom is 0.490 e. The quantitative estimate of drug-likeness (QED) is 0.179. The lowest BCUT2D eigenvalue weighted by atomic mass is 10.0. The number of aliphatic carboxylic acids is 1. The molecular formula is C31H32BrF3N6O6. The molecular weight excluding hydrogens is 689 g/mol. The first-order valence-corrected chi connectivity index (χ1v) is 15.4. The first-order valence-electron chi connectivity index (χ1n) is 14.7. The summed E-state index contributed by atoms with van der Waals surface area (Å²) >= 11 is 3.43. The van der Waals surface area contributed by atoms with Crippen molar-refractivity contribution in [3.8, 4) is 17.1 Å². The summed E-state index contributed by atoms with van der Waals surface area (Å²) in [6.07, 6.45) is -2.40. The molecule has 250 valence electrons. The second-order valence-electron chi connectivity index (χ2n) is 11.3. The molecule has 2 aliphatic rings. The van der Waals surface area contributed by atoms with Crippen LogP contribution < -0.4 is 15.6 Å². The summed E-state index contributed by atoms with van der Waals surface area (Å²) in [7, 11) is 2.11. The van der Waals surface area contributed by atoms with Gasteiger partial charge in [0.15, 0.2) is 0 Å². The third-order valence-corrected chi connectivity index (χ3v) is 8.56. The Morgan fingerprint density at radius 2 is 1.89 bits per heavy atom. The van der Waals surface area contributed by atoms with Crippen LogP contribution in [0.25, 0.3) is 22.4 Å². The Bertz CT molecular complexity index is 1820. The van der Waals surface area contributed by atoms with Gasteiger partial charge >= 0.3 is 12.1 Å². The van der Waals surface area contributed by atoms with Gasteiger partial charge < -0.3 is 40.0 Å². The lowest BCUT2D eigenvalue weighted by Crippen LogP contribution is -2.43. The van der Waals surface area contributed by atoms with E-state index in [9.17, 15) is 27.9 Å². The molecule has 0 bridgehead atoms. The van der Waals surface area contributed by atoms with E-state index in [0.29, 0.717) is 40.4 Å². The molecule has 1 amide bonds. The molecule has 0 spiro atoms. The number of carboxylic acid groups (broad SMARTS) is 1. The van der Waals surface area contributed by atoms with Crippen molar-refractivity contribution in [1.29, 1.82) is 0 Å². The smallest absolute Gasteiger partial charge is 0.490 e. The fourth-order valence-electron chi connectivity index (χ4n) is 5.46. The topological polar surface area (TPSA) is 164 Å². The number of piperidine rings is 1. The normalized spacial score (nSPS) is 16.0. The van der Waals surface area contributed by atoms with Crippen LogP contribution in [0.2, 0.25) is 0 Å². The number of benzene rings is 2. The zero-order valence-corrected chi connectivity index (χ0v) is 26.7. The number of carboxylic acids is 1. The number of carbonyl (C=O) groups is 2. The van der Waals surface area contributed by atoms with Crippen molar-refractivity contribution >= 4 is 44.5 Å². The molecule has 1 atom stereocenters. The number of hydrogen-bond donors (Lipinski definition) is 5. The molecule has 4 aromatic rings. The van der Waals surface area contributed by atoms with Gasteiger partial charge in [-0.2, -0.15) is 13.2 Å². The second-order valence-corrected chi connectivity index (χ2v) is 12.1. The van der Waals surface area contributed by atoms with Crippen LogP contribution in [0.3, 0.4) is 0 Å². The molecule has 2 aliphatic heterocycles. The van der Waals surface area contributed by atoms with Crippen molar-refractivity contribution in [1.82, 2.24) is 24.8 Å². The number of ether oxygens (including phenoxy) is 1. The molecule has 2 aromatic carbocycles. The molecule has 12 nitrogen and oxygen atoms in total. The lowest BCUT2D eigenvalue weighted by molar-refractivity contribution is -0.192. The fraction of sp³-hybridized carbons (Fsp3) is 0.355. The van der Waals surface area contributed by atoms with Crippen molar-refractivity contribution in [2.45, 2.75) is 37.7 Å². The molecule has 0 saturated carbocycles. The number of likely N-dealkylation sites (tertiary alicyclic amines) is 1. The molecule has 47 heavy (non-hydrogen) atoms. The average molecular weight is 722 g/mol. The first-order chi connectivity index (χ1) is 22.3. The molecule has 0 aliphatic carbocycles. The highest BCUT2D eigenvalue weighted by Gasteiger charge is 2.38. The standard InChI is InChI=1S/C29H31BrN6O4.C2HF3O2/c1-35-10-7-18(8-11-35)36-15-17-12-23-24(13-20(17)29(36)39)34-27(33-23)26-22(6-9-31-28(26)38)32-14-19(37)16-40-25-5-3-2-4-21(25)30;3-2(4,5)1(6)7/h2-6,9,12-13,18-19,37H,7-8,10-11,14-16H2,1H3,(H,33,34)(H2,31,32,38);(H,6,7)/t19-;/m1./s1. The number of aromatic amines is 2. The van der Waals surface area contributed by atoms with E-state index in [-0.39, 0.29) is 30.7 Å². The Balaban J connectivity index is 0.000000559. The number of pyridine rings is 1. The van der Waals surface area contributed by atoms with Gasteiger partial charge in [-0.1, -0.05) is 12.1 Å². The van der Waals surface area contributed by atoms with Crippen LogP contribution in [-0.4, -0.2) is 98.5 Å². The van der Waals surface area contributed by atoms with Crippen molar-refractivity contribution in [3.05, 3.63) is 74.6 Å². The Hall–Kier alpha value is -4.41. The maximum atomic E-state index is 13.3. The molecule has 2 aromatic heterocycles. The van der Waals surface area contributed by atoms with Crippen LogP contribution in [0.4, 0.5) is 18.9 Å². The zero-order chi connectivity index (χ0) is 33.9. The Morgan fingerprint density at radius 3 is 2.57 bits per heavy atom. The van der Waals surface area contributed by atoms with Gasteiger partial charge in [-0.3, -0.25) is 9.59 Å². The number of aliphatic hydroxyl groups excluding tert-OH is 1. The number of imidazole rings is 1. The molecule has 1 saturated heterocycles. The highest BCUT2D eigenvalue weighted by atomic mass is 79.9. The van der Waals surface area contributed by atoms with E-state index in [0.717, 1.165) is 41.5 Å². The van der Waals surface area contributed by atoms with Crippen LogP contribution in [0.1, 0.15) is 28.8 Å².